The highest BCUT2D eigenvalue weighted by Crippen LogP contribution is 2.46. The normalized spacial score (nSPS) is 24.9. The monoisotopic (exact) mass is 377 g/mol. The molecule has 1 aliphatic heterocycles. The van der Waals surface area contributed by atoms with E-state index in [9.17, 15) is 0 Å². The van der Waals surface area contributed by atoms with Gasteiger partial charge in [0.05, 0.1) is 13.7 Å². The maximum absolute atomic E-state index is 6.11. The molecule has 1 saturated heterocycles. The molecule has 2 aromatic carbocycles. The number of hydrogen-bond donors (Lipinski definition) is 0. The lowest BCUT2D eigenvalue weighted by atomic mass is 9.76. The first-order valence-electron chi connectivity index (χ1n) is 10.3. The van der Waals surface area contributed by atoms with Gasteiger partial charge in [-0.2, -0.15) is 0 Å². The summed E-state index contributed by atoms with van der Waals surface area (Å²) in [6, 6.07) is 17.2. The van der Waals surface area contributed by atoms with Gasteiger partial charge >= 0.3 is 0 Å². The fraction of sp³-hybridized carbons (Fsp3) is 0.440. The fourth-order valence-electron chi connectivity index (χ4n) is 4.29. The average Bonchev–Trinajstić information content (AvgIpc) is 3.49. The van der Waals surface area contributed by atoms with Crippen LogP contribution in [0.15, 0.2) is 61.2 Å². The molecule has 0 amide bonds. The van der Waals surface area contributed by atoms with Gasteiger partial charge in [0.1, 0.15) is 0 Å². The van der Waals surface area contributed by atoms with Crippen molar-refractivity contribution >= 4 is 0 Å². The number of nitrogens with zero attached hydrogens (tertiary/aromatic N) is 1. The third-order valence-corrected chi connectivity index (χ3v) is 6.28. The van der Waals surface area contributed by atoms with Gasteiger partial charge in [-0.25, -0.2) is 0 Å². The Morgan fingerprint density at radius 2 is 1.93 bits per heavy atom. The summed E-state index contributed by atoms with van der Waals surface area (Å²) >= 11 is 0. The van der Waals surface area contributed by atoms with E-state index in [-0.39, 0.29) is 5.41 Å². The van der Waals surface area contributed by atoms with Gasteiger partial charge in [-0.1, -0.05) is 49.4 Å². The summed E-state index contributed by atoms with van der Waals surface area (Å²) in [6.45, 7) is 10.3. The van der Waals surface area contributed by atoms with Crippen LogP contribution in [0.25, 0.3) is 0 Å². The van der Waals surface area contributed by atoms with Crippen LogP contribution in [0.3, 0.4) is 0 Å². The van der Waals surface area contributed by atoms with Crippen LogP contribution in [0.2, 0.25) is 0 Å². The van der Waals surface area contributed by atoms with E-state index in [1.807, 2.05) is 0 Å². The Hall–Kier alpha value is -2.26. The SMILES string of the molecule is C=CC1(C)CN(Cc2ccccc2)CC1c1ccc(OC)c(OCC2CC2)c1. The summed E-state index contributed by atoms with van der Waals surface area (Å²) in [6.07, 6.45) is 4.71. The van der Waals surface area contributed by atoms with E-state index in [0.717, 1.165) is 43.7 Å². The minimum Gasteiger partial charge on any atom is -0.493 e. The quantitative estimate of drug-likeness (QED) is 0.585. The second kappa shape index (κ2) is 8.00. The summed E-state index contributed by atoms with van der Waals surface area (Å²) in [7, 11) is 1.71. The molecule has 0 N–H and O–H groups in total. The lowest BCUT2D eigenvalue weighted by Gasteiger charge is -2.27. The van der Waals surface area contributed by atoms with Crippen LogP contribution in [0.4, 0.5) is 0 Å². The highest BCUT2D eigenvalue weighted by atomic mass is 16.5. The molecule has 0 bridgehead atoms. The molecule has 0 radical (unpaired) electrons. The predicted molar refractivity (Wildman–Crippen MR) is 114 cm³/mol. The minimum absolute atomic E-state index is 0.0388. The molecule has 28 heavy (non-hydrogen) atoms. The van der Waals surface area contributed by atoms with Gasteiger partial charge < -0.3 is 9.47 Å². The summed E-state index contributed by atoms with van der Waals surface area (Å²) in [5.74, 6) is 2.81. The van der Waals surface area contributed by atoms with Crippen molar-refractivity contribution in [2.24, 2.45) is 11.3 Å². The highest BCUT2D eigenvalue weighted by Gasteiger charge is 2.41. The average molecular weight is 378 g/mol. The number of methoxy groups -OCH3 is 1. The van der Waals surface area contributed by atoms with E-state index in [2.05, 4.69) is 73.0 Å². The first-order chi connectivity index (χ1) is 13.6. The van der Waals surface area contributed by atoms with Crippen molar-refractivity contribution < 1.29 is 9.47 Å². The van der Waals surface area contributed by atoms with E-state index in [4.69, 9.17) is 9.47 Å². The van der Waals surface area contributed by atoms with Crippen LogP contribution in [-0.2, 0) is 6.54 Å². The standard InChI is InChI=1S/C25H31NO2/c1-4-25(2)18-26(15-19-8-6-5-7-9-19)16-22(25)21-12-13-23(27-3)24(14-21)28-17-20-10-11-20/h4-9,12-14,20,22H,1,10-11,15-18H2,2-3H3. The minimum atomic E-state index is 0.0388. The van der Waals surface area contributed by atoms with Crippen molar-refractivity contribution in [3.05, 3.63) is 72.3 Å². The predicted octanol–water partition coefficient (Wildman–Crippen LogP) is 5.28. The van der Waals surface area contributed by atoms with Crippen LogP contribution < -0.4 is 9.47 Å². The molecule has 1 saturated carbocycles. The second-order valence-corrected chi connectivity index (χ2v) is 8.58. The Balaban J connectivity index is 1.55. The number of hydrogen-bond acceptors (Lipinski definition) is 3. The Bertz CT molecular complexity index is 815. The van der Waals surface area contributed by atoms with Gasteiger partial charge in [0.25, 0.3) is 0 Å². The van der Waals surface area contributed by atoms with Crippen LogP contribution in [0.5, 0.6) is 11.5 Å². The molecule has 3 nitrogen and oxygen atoms in total. The topological polar surface area (TPSA) is 21.7 Å². The Kier molecular flexibility index (Phi) is 5.45. The van der Waals surface area contributed by atoms with Gasteiger partial charge in [0.15, 0.2) is 11.5 Å². The third kappa shape index (κ3) is 4.10. The lowest BCUT2D eigenvalue weighted by molar-refractivity contribution is 0.279. The van der Waals surface area contributed by atoms with E-state index < -0.39 is 0 Å². The van der Waals surface area contributed by atoms with Crippen molar-refractivity contribution in [2.75, 3.05) is 26.8 Å². The van der Waals surface area contributed by atoms with E-state index >= 15 is 0 Å². The third-order valence-electron chi connectivity index (χ3n) is 6.28. The summed E-state index contributed by atoms with van der Waals surface area (Å²) in [4.78, 5) is 2.54. The molecule has 2 fully saturated rings. The molecule has 2 aliphatic rings. The summed E-state index contributed by atoms with van der Waals surface area (Å²) < 4.78 is 11.7. The summed E-state index contributed by atoms with van der Waals surface area (Å²) in [5, 5.41) is 0. The zero-order valence-electron chi connectivity index (χ0n) is 17.1. The van der Waals surface area contributed by atoms with Gasteiger partial charge in [-0.3, -0.25) is 4.90 Å². The van der Waals surface area contributed by atoms with Crippen molar-refractivity contribution in [1.29, 1.82) is 0 Å². The second-order valence-electron chi connectivity index (χ2n) is 8.58. The molecular weight excluding hydrogens is 346 g/mol. The molecule has 0 spiro atoms. The van der Waals surface area contributed by atoms with Crippen LogP contribution in [0.1, 0.15) is 36.8 Å². The Morgan fingerprint density at radius 1 is 1.14 bits per heavy atom. The van der Waals surface area contributed by atoms with Gasteiger partial charge in [0, 0.05) is 31.0 Å². The van der Waals surface area contributed by atoms with Crippen LogP contribution >= 0.6 is 0 Å². The Morgan fingerprint density at radius 3 is 2.61 bits per heavy atom. The van der Waals surface area contributed by atoms with Gasteiger partial charge in [-0.15, -0.1) is 6.58 Å². The molecular formula is C25H31NO2. The zero-order chi connectivity index (χ0) is 19.6. The summed E-state index contributed by atoms with van der Waals surface area (Å²) in [5.41, 5.74) is 2.71. The fourth-order valence-corrected chi connectivity index (χ4v) is 4.29. The first kappa shape index (κ1) is 19.1. The molecule has 4 rings (SSSR count). The van der Waals surface area contributed by atoms with Gasteiger partial charge in [0.2, 0.25) is 0 Å². The molecule has 1 aliphatic carbocycles. The zero-order valence-corrected chi connectivity index (χ0v) is 17.1. The van der Waals surface area contributed by atoms with Crippen molar-refractivity contribution in [2.45, 2.75) is 32.2 Å². The molecule has 2 unspecified atom stereocenters. The molecule has 2 atom stereocenters. The van der Waals surface area contributed by atoms with Crippen LogP contribution in [0, 0.1) is 11.3 Å². The number of rotatable bonds is 8. The van der Waals surface area contributed by atoms with Crippen molar-refractivity contribution in [3.63, 3.8) is 0 Å². The first-order valence-corrected chi connectivity index (χ1v) is 10.3. The molecule has 0 aromatic heterocycles. The molecule has 3 heteroatoms. The van der Waals surface area contributed by atoms with Crippen molar-refractivity contribution in [3.8, 4) is 11.5 Å². The number of likely N-dealkylation sites (tertiary alicyclic amines) is 1. The van der Waals surface area contributed by atoms with E-state index in [1.54, 1.807) is 7.11 Å². The van der Waals surface area contributed by atoms with E-state index in [1.165, 1.54) is 24.0 Å². The maximum atomic E-state index is 6.11. The largest absolute Gasteiger partial charge is 0.493 e. The number of ether oxygens (including phenoxy) is 2. The van der Waals surface area contributed by atoms with Crippen LogP contribution in [-0.4, -0.2) is 31.7 Å². The smallest absolute Gasteiger partial charge is 0.161 e. The molecule has 148 valence electrons. The maximum Gasteiger partial charge on any atom is 0.161 e. The van der Waals surface area contributed by atoms with Gasteiger partial charge in [-0.05, 0) is 42.0 Å². The molecule has 2 aromatic rings. The van der Waals surface area contributed by atoms with Crippen molar-refractivity contribution in [1.82, 2.24) is 4.90 Å². The Labute approximate surface area is 169 Å². The highest BCUT2D eigenvalue weighted by molar-refractivity contribution is 5.45. The molecule has 1 heterocycles. The number of benzene rings is 2. The van der Waals surface area contributed by atoms with E-state index in [0.29, 0.717) is 5.92 Å². The lowest BCUT2D eigenvalue weighted by Crippen LogP contribution is -2.24.